The van der Waals surface area contributed by atoms with Crippen molar-refractivity contribution in [2.45, 2.75) is 77.6 Å². The average Bonchev–Trinajstić information content (AvgIpc) is 2.78. The van der Waals surface area contributed by atoms with Gasteiger partial charge in [0, 0.05) is 5.56 Å². The van der Waals surface area contributed by atoms with E-state index in [0.29, 0.717) is 0 Å². The minimum Gasteiger partial charge on any atom is -0.492 e. The van der Waals surface area contributed by atoms with Crippen LogP contribution < -0.4 is 4.74 Å². The molecule has 0 aliphatic heterocycles. The molecular formula is C27H35NO. The van der Waals surface area contributed by atoms with Crippen molar-refractivity contribution in [3.63, 3.8) is 0 Å². The number of rotatable bonds is 8. The predicted octanol–water partition coefficient (Wildman–Crippen LogP) is 7.12. The van der Waals surface area contributed by atoms with Crippen molar-refractivity contribution in [1.82, 2.24) is 4.98 Å². The predicted molar refractivity (Wildman–Crippen MR) is 121 cm³/mol. The molecule has 29 heavy (non-hydrogen) atoms. The number of unbranched alkanes of at least 4 members (excludes halogenated alkanes) is 2. The van der Waals surface area contributed by atoms with Crippen molar-refractivity contribution in [2.24, 2.45) is 5.92 Å². The van der Waals surface area contributed by atoms with Crippen molar-refractivity contribution >= 4 is 0 Å². The van der Waals surface area contributed by atoms with Gasteiger partial charge in [-0.15, -0.1) is 0 Å². The van der Waals surface area contributed by atoms with Gasteiger partial charge in [-0.25, -0.2) is 4.98 Å². The van der Waals surface area contributed by atoms with E-state index in [1.165, 1.54) is 50.5 Å². The summed E-state index contributed by atoms with van der Waals surface area (Å²) in [6.07, 6.45) is 13.6. The van der Waals surface area contributed by atoms with E-state index in [-0.39, 0.29) is 0 Å². The van der Waals surface area contributed by atoms with Gasteiger partial charge in [0.1, 0.15) is 11.4 Å². The van der Waals surface area contributed by atoms with E-state index in [2.05, 4.69) is 54.9 Å². The number of nitrogens with zero attached hydrogens (tertiary/aromatic N) is 1. The van der Waals surface area contributed by atoms with E-state index in [1.54, 1.807) is 6.20 Å². The Balaban J connectivity index is 1.51. The van der Waals surface area contributed by atoms with Gasteiger partial charge >= 0.3 is 0 Å². The van der Waals surface area contributed by atoms with Crippen LogP contribution in [-0.2, 0) is 0 Å². The monoisotopic (exact) mass is 389 g/mol. The zero-order valence-electron chi connectivity index (χ0n) is 18.1. The molecule has 0 atom stereocenters. The lowest BCUT2D eigenvalue weighted by Gasteiger charge is -2.28. The Morgan fingerprint density at radius 2 is 1.66 bits per heavy atom. The lowest BCUT2D eigenvalue weighted by Crippen LogP contribution is -2.13. The number of hydrogen-bond donors (Lipinski definition) is 0. The van der Waals surface area contributed by atoms with Crippen LogP contribution in [0.3, 0.4) is 0 Å². The molecule has 0 spiro atoms. The molecule has 1 heterocycles. The molecule has 0 N–H and O–H groups in total. The highest BCUT2D eigenvalue weighted by Gasteiger charge is 2.21. The van der Waals surface area contributed by atoms with Gasteiger partial charge in [0.15, 0.2) is 0 Å². The fraction of sp³-hybridized carbons (Fsp3) is 0.519. The third-order valence-electron chi connectivity index (χ3n) is 6.03. The lowest BCUT2D eigenvalue weighted by atomic mass is 9.77. The van der Waals surface area contributed by atoms with Gasteiger partial charge < -0.3 is 4.74 Å². The highest BCUT2D eigenvalue weighted by atomic mass is 16.5. The smallest absolute Gasteiger partial charge is 0.137 e. The molecular weight excluding hydrogens is 354 g/mol. The molecule has 0 amide bonds. The largest absolute Gasteiger partial charge is 0.492 e. The number of aromatic nitrogens is 1. The molecule has 154 valence electrons. The Kier molecular flexibility index (Phi) is 8.62. The standard InChI is InChI=1S/C27H35NO/c1-3-5-7-22-8-13-24(14-9-22)25-15-10-23(11-16-25)12-17-26-18-19-27(21-28-26)29-20-6-4-2/h10-11,15-16,18-19,21-22,24H,3-9,13-14,20H2,1-2H3. The average molecular weight is 390 g/mol. The molecule has 1 aromatic heterocycles. The van der Waals surface area contributed by atoms with Crippen LogP contribution in [0.4, 0.5) is 0 Å². The number of pyridine rings is 1. The summed E-state index contributed by atoms with van der Waals surface area (Å²) in [6.45, 7) is 5.20. The second kappa shape index (κ2) is 11.7. The highest BCUT2D eigenvalue weighted by molar-refractivity contribution is 5.42. The second-order valence-corrected chi connectivity index (χ2v) is 8.31. The van der Waals surface area contributed by atoms with E-state index in [1.807, 2.05) is 12.1 Å². The molecule has 1 fully saturated rings. The number of ether oxygens (including phenoxy) is 1. The molecule has 0 unspecified atom stereocenters. The molecule has 2 nitrogen and oxygen atoms in total. The first-order valence-corrected chi connectivity index (χ1v) is 11.5. The molecule has 2 heteroatoms. The van der Waals surface area contributed by atoms with Gasteiger partial charge in [-0.3, -0.25) is 0 Å². The minimum absolute atomic E-state index is 0.733. The normalized spacial score (nSPS) is 18.7. The van der Waals surface area contributed by atoms with Crippen LogP contribution in [0.2, 0.25) is 0 Å². The van der Waals surface area contributed by atoms with Gasteiger partial charge in [-0.2, -0.15) is 0 Å². The Morgan fingerprint density at radius 1 is 0.897 bits per heavy atom. The van der Waals surface area contributed by atoms with E-state index in [4.69, 9.17) is 4.74 Å². The summed E-state index contributed by atoms with van der Waals surface area (Å²) in [5, 5.41) is 0. The molecule has 1 aromatic carbocycles. The quantitative estimate of drug-likeness (QED) is 0.354. The molecule has 0 saturated heterocycles. The summed E-state index contributed by atoms with van der Waals surface area (Å²) in [7, 11) is 0. The van der Waals surface area contributed by atoms with Crippen LogP contribution in [0.5, 0.6) is 5.75 Å². The van der Waals surface area contributed by atoms with Crippen molar-refractivity contribution in [2.75, 3.05) is 6.61 Å². The Morgan fingerprint density at radius 3 is 2.31 bits per heavy atom. The summed E-state index contributed by atoms with van der Waals surface area (Å²) in [4.78, 5) is 4.39. The van der Waals surface area contributed by atoms with Gasteiger partial charge in [0.2, 0.25) is 0 Å². The Hall–Kier alpha value is -2.27. The first-order valence-electron chi connectivity index (χ1n) is 11.5. The van der Waals surface area contributed by atoms with Crippen molar-refractivity contribution < 1.29 is 4.74 Å². The van der Waals surface area contributed by atoms with Gasteiger partial charge in [0.25, 0.3) is 0 Å². The van der Waals surface area contributed by atoms with Gasteiger partial charge in [-0.1, -0.05) is 57.6 Å². The summed E-state index contributed by atoms with van der Waals surface area (Å²) >= 11 is 0. The topological polar surface area (TPSA) is 22.1 Å². The zero-order chi connectivity index (χ0) is 20.3. The molecule has 3 rings (SSSR count). The maximum atomic E-state index is 5.65. The SMILES string of the molecule is CCCCOc1ccc(C#Cc2ccc(C3CCC(CCCC)CC3)cc2)nc1. The highest BCUT2D eigenvalue weighted by Crippen LogP contribution is 2.37. The maximum Gasteiger partial charge on any atom is 0.137 e. The summed E-state index contributed by atoms with van der Waals surface area (Å²) in [5.74, 6) is 8.92. The fourth-order valence-corrected chi connectivity index (χ4v) is 4.13. The van der Waals surface area contributed by atoms with Crippen LogP contribution in [-0.4, -0.2) is 11.6 Å². The third-order valence-corrected chi connectivity index (χ3v) is 6.03. The molecule has 0 bridgehead atoms. The summed E-state index contributed by atoms with van der Waals surface area (Å²) in [5.41, 5.74) is 3.31. The first kappa shape index (κ1) is 21.4. The van der Waals surface area contributed by atoms with Crippen LogP contribution in [0.25, 0.3) is 0 Å². The first-order chi connectivity index (χ1) is 14.3. The van der Waals surface area contributed by atoms with Crippen molar-refractivity contribution in [3.8, 4) is 17.6 Å². The van der Waals surface area contributed by atoms with E-state index < -0.39 is 0 Å². The molecule has 1 aliphatic carbocycles. The van der Waals surface area contributed by atoms with Crippen LogP contribution >= 0.6 is 0 Å². The third kappa shape index (κ3) is 6.93. The van der Waals surface area contributed by atoms with Gasteiger partial charge in [0.05, 0.1) is 12.8 Å². The van der Waals surface area contributed by atoms with E-state index in [0.717, 1.165) is 48.3 Å². The fourth-order valence-electron chi connectivity index (χ4n) is 4.13. The summed E-state index contributed by atoms with van der Waals surface area (Å²) < 4.78 is 5.65. The molecule has 1 saturated carbocycles. The van der Waals surface area contributed by atoms with E-state index in [9.17, 15) is 0 Å². The lowest BCUT2D eigenvalue weighted by molar-refractivity contribution is 0.304. The summed E-state index contributed by atoms with van der Waals surface area (Å²) in [6, 6.07) is 12.8. The van der Waals surface area contributed by atoms with Gasteiger partial charge in [-0.05, 0) is 79.7 Å². The minimum atomic E-state index is 0.733. The Labute approximate surface area is 177 Å². The van der Waals surface area contributed by atoms with Crippen LogP contribution in [0.1, 0.15) is 94.4 Å². The molecule has 1 aliphatic rings. The number of benzene rings is 1. The van der Waals surface area contributed by atoms with Crippen molar-refractivity contribution in [1.29, 1.82) is 0 Å². The van der Waals surface area contributed by atoms with Crippen LogP contribution in [0.15, 0.2) is 42.6 Å². The molecule has 0 radical (unpaired) electrons. The van der Waals surface area contributed by atoms with E-state index >= 15 is 0 Å². The second-order valence-electron chi connectivity index (χ2n) is 8.31. The zero-order valence-corrected chi connectivity index (χ0v) is 18.1. The maximum absolute atomic E-state index is 5.65. The molecule has 2 aromatic rings. The van der Waals surface area contributed by atoms with Crippen LogP contribution in [0, 0.1) is 17.8 Å². The number of hydrogen-bond acceptors (Lipinski definition) is 2. The Bertz CT molecular complexity index is 774. The van der Waals surface area contributed by atoms with Crippen molar-refractivity contribution in [3.05, 3.63) is 59.4 Å².